The van der Waals surface area contributed by atoms with Crippen LogP contribution in [0.5, 0.6) is 5.75 Å². The number of aromatic nitrogens is 3. The number of hydrogen-bond acceptors (Lipinski definition) is 6. The Bertz CT molecular complexity index is 986. The van der Waals surface area contributed by atoms with E-state index in [-0.39, 0.29) is 18.1 Å². The standard InChI is InChI=1S/C18H14F4N4O3/c1-10-13(16(26-29-10)14-4-2-11(19)6-23-14)8-28-12-3-5-15(24-7-12)17(27)25-9-18(20,21)22/h2-7H,8-9H2,1H3,(H,25,27). The molecule has 1 amide bonds. The lowest BCUT2D eigenvalue weighted by atomic mass is 10.1. The molecule has 0 unspecified atom stereocenters. The van der Waals surface area contributed by atoms with Gasteiger partial charge in [0.1, 0.15) is 41.9 Å². The molecule has 0 saturated carbocycles. The van der Waals surface area contributed by atoms with Crippen LogP contribution in [0.15, 0.2) is 41.2 Å². The van der Waals surface area contributed by atoms with Crippen LogP contribution < -0.4 is 10.1 Å². The van der Waals surface area contributed by atoms with Gasteiger partial charge in [0.25, 0.3) is 5.91 Å². The minimum atomic E-state index is -4.51. The molecule has 1 N–H and O–H groups in total. The Labute approximate surface area is 161 Å². The number of carbonyl (C=O) groups is 1. The molecule has 0 aromatic carbocycles. The number of halogens is 4. The van der Waals surface area contributed by atoms with Crippen molar-refractivity contribution < 1.29 is 31.6 Å². The number of pyridine rings is 2. The van der Waals surface area contributed by atoms with Crippen LogP contribution in [0, 0.1) is 12.7 Å². The average Bonchev–Trinajstić information content (AvgIpc) is 3.05. The fourth-order valence-corrected chi connectivity index (χ4v) is 2.30. The maximum atomic E-state index is 13.1. The third kappa shape index (κ3) is 5.27. The third-order valence-corrected chi connectivity index (χ3v) is 3.76. The van der Waals surface area contributed by atoms with Crippen LogP contribution in [0.3, 0.4) is 0 Å². The summed E-state index contributed by atoms with van der Waals surface area (Å²) in [7, 11) is 0. The summed E-state index contributed by atoms with van der Waals surface area (Å²) >= 11 is 0. The van der Waals surface area contributed by atoms with Gasteiger partial charge in [-0.3, -0.25) is 9.78 Å². The van der Waals surface area contributed by atoms with Crippen molar-refractivity contribution in [3.8, 4) is 17.1 Å². The summed E-state index contributed by atoms with van der Waals surface area (Å²) in [6, 6.07) is 5.33. The van der Waals surface area contributed by atoms with E-state index in [1.54, 1.807) is 12.2 Å². The molecular weight excluding hydrogens is 396 g/mol. The summed E-state index contributed by atoms with van der Waals surface area (Å²) in [5, 5.41) is 5.63. The van der Waals surface area contributed by atoms with E-state index < -0.39 is 24.4 Å². The highest BCUT2D eigenvalue weighted by atomic mass is 19.4. The van der Waals surface area contributed by atoms with E-state index in [2.05, 4.69) is 15.1 Å². The monoisotopic (exact) mass is 410 g/mol. The number of hydrogen-bond donors (Lipinski definition) is 1. The van der Waals surface area contributed by atoms with E-state index in [1.165, 1.54) is 30.5 Å². The van der Waals surface area contributed by atoms with Crippen LogP contribution in [0.4, 0.5) is 17.6 Å². The Hall–Kier alpha value is -3.50. The lowest BCUT2D eigenvalue weighted by Gasteiger charge is -2.09. The number of nitrogens with one attached hydrogen (secondary N) is 1. The summed E-state index contributed by atoms with van der Waals surface area (Å²) in [5.74, 6) is -0.691. The van der Waals surface area contributed by atoms with Gasteiger partial charge in [-0.05, 0) is 31.2 Å². The first-order valence-corrected chi connectivity index (χ1v) is 8.24. The normalized spacial score (nSPS) is 11.3. The minimum Gasteiger partial charge on any atom is -0.487 e. The Balaban J connectivity index is 1.66. The molecule has 3 aromatic heterocycles. The van der Waals surface area contributed by atoms with Gasteiger partial charge in [-0.25, -0.2) is 9.37 Å². The highest BCUT2D eigenvalue weighted by molar-refractivity contribution is 5.92. The molecule has 0 atom stereocenters. The van der Waals surface area contributed by atoms with E-state index in [0.29, 0.717) is 22.7 Å². The minimum absolute atomic E-state index is 0.0189. The first-order chi connectivity index (χ1) is 13.7. The zero-order valence-corrected chi connectivity index (χ0v) is 15.0. The van der Waals surface area contributed by atoms with Gasteiger partial charge in [0.05, 0.1) is 23.7 Å². The van der Waals surface area contributed by atoms with E-state index >= 15 is 0 Å². The first-order valence-electron chi connectivity index (χ1n) is 8.24. The van der Waals surface area contributed by atoms with Gasteiger partial charge in [-0.1, -0.05) is 5.16 Å². The molecule has 0 aliphatic carbocycles. The molecular formula is C18H14F4N4O3. The van der Waals surface area contributed by atoms with Crippen molar-refractivity contribution in [3.63, 3.8) is 0 Å². The van der Waals surface area contributed by atoms with Crippen molar-refractivity contribution in [1.29, 1.82) is 0 Å². The molecule has 0 spiro atoms. The lowest BCUT2D eigenvalue weighted by Crippen LogP contribution is -2.34. The van der Waals surface area contributed by atoms with Gasteiger partial charge in [0.2, 0.25) is 0 Å². The second-order valence-corrected chi connectivity index (χ2v) is 5.89. The summed E-state index contributed by atoms with van der Waals surface area (Å²) in [6.45, 7) is 0.245. The van der Waals surface area contributed by atoms with Gasteiger partial charge in [-0.15, -0.1) is 0 Å². The maximum Gasteiger partial charge on any atom is 0.405 e. The Kier molecular flexibility index (Phi) is 5.76. The number of amides is 1. The first kappa shape index (κ1) is 20.2. The van der Waals surface area contributed by atoms with Gasteiger partial charge < -0.3 is 14.6 Å². The Morgan fingerprint density at radius 3 is 2.59 bits per heavy atom. The number of nitrogens with zero attached hydrogens (tertiary/aromatic N) is 3. The summed E-state index contributed by atoms with van der Waals surface area (Å²) in [5.41, 5.74) is 1.19. The number of ether oxygens (including phenoxy) is 1. The van der Waals surface area contributed by atoms with Gasteiger partial charge in [0.15, 0.2) is 0 Å². The molecule has 11 heteroatoms. The molecule has 0 aliphatic rings. The second kappa shape index (κ2) is 8.25. The van der Waals surface area contributed by atoms with Crippen LogP contribution in [0.25, 0.3) is 11.4 Å². The molecule has 7 nitrogen and oxygen atoms in total. The molecule has 3 heterocycles. The van der Waals surface area contributed by atoms with Gasteiger partial charge >= 0.3 is 6.18 Å². The van der Waals surface area contributed by atoms with Crippen LogP contribution in [-0.2, 0) is 6.61 Å². The number of aryl methyl sites for hydroxylation is 1. The highest BCUT2D eigenvalue weighted by Crippen LogP contribution is 2.25. The fourth-order valence-electron chi connectivity index (χ4n) is 2.30. The van der Waals surface area contributed by atoms with Crippen molar-refractivity contribution in [1.82, 2.24) is 20.4 Å². The molecule has 0 bridgehead atoms. The van der Waals surface area contributed by atoms with Gasteiger partial charge in [0, 0.05) is 0 Å². The van der Waals surface area contributed by atoms with E-state index in [9.17, 15) is 22.4 Å². The Morgan fingerprint density at radius 1 is 1.17 bits per heavy atom. The molecule has 0 aliphatic heterocycles. The second-order valence-electron chi connectivity index (χ2n) is 5.89. The summed E-state index contributed by atoms with van der Waals surface area (Å²) in [4.78, 5) is 19.4. The van der Waals surface area contributed by atoms with Crippen molar-refractivity contribution in [2.75, 3.05) is 6.54 Å². The molecule has 3 aromatic rings. The number of rotatable bonds is 6. The van der Waals surface area contributed by atoms with E-state index in [1.807, 2.05) is 0 Å². The van der Waals surface area contributed by atoms with Crippen LogP contribution in [0.2, 0.25) is 0 Å². The Morgan fingerprint density at radius 2 is 1.97 bits per heavy atom. The fraction of sp³-hybridized carbons (Fsp3) is 0.222. The lowest BCUT2D eigenvalue weighted by molar-refractivity contribution is -0.123. The molecule has 0 fully saturated rings. The quantitative estimate of drug-likeness (QED) is 0.626. The van der Waals surface area contributed by atoms with Crippen molar-refractivity contribution in [2.24, 2.45) is 0 Å². The van der Waals surface area contributed by atoms with E-state index in [4.69, 9.17) is 9.26 Å². The van der Waals surface area contributed by atoms with Crippen LogP contribution in [-0.4, -0.2) is 33.8 Å². The van der Waals surface area contributed by atoms with Gasteiger partial charge in [-0.2, -0.15) is 13.2 Å². The summed E-state index contributed by atoms with van der Waals surface area (Å²) < 4.78 is 60.2. The topological polar surface area (TPSA) is 90.1 Å². The largest absolute Gasteiger partial charge is 0.487 e. The zero-order chi connectivity index (χ0) is 21.0. The predicted molar refractivity (Wildman–Crippen MR) is 91.4 cm³/mol. The predicted octanol–water partition coefficient (Wildman–Crippen LogP) is 3.45. The number of alkyl halides is 3. The third-order valence-electron chi connectivity index (χ3n) is 3.76. The van der Waals surface area contributed by atoms with Crippen LogP contribution >= 0.6 is 0 Å². The molecule has 152 valence electrons. The molecule has 3 rings (SSSR count). The zero-order valence-electron chi connectivity index (χ0n) is 15.0. The SMILES string of the molecule is Cc1onc(-c2ccc(F)cn2)c1COc1ccc(C(=O)NCC(F)(F)F)nc1. The van der Waals surface area contributed by atoms with E-state index in [0.717, 1.165) is 6.20 Å². The molecule has 0 radical (unpaired) electrons. The number of carbonyl (C=O) groups excluding carboxylic acids is 1. The molecule has 29 heavy (non-hydrogen) atoms. The molecule has 0 saturated heterocycles. The summed E-state index contributed by atoms with van der Waals surface area (Å²) in [6.07, 6.45) is -2.25. The van der Waals surface area contributed by atoms with Crippen molar-refractivity contribution in [2.45, 2.75) is 19.7 Å². The van der Waals surface area contributed by atoms with Crippen molar-refractivity contribution in [3.05, 3.63) is 59.5 Å². The maximum absolute atomic E-state index is 13.1. The van der Waals surface area contributed by atoms with Crippen molar-refractivity contribution >= 4 is 5.91 Å². The average molecular weight is 410 g/mol. The highest BCUT2D eigenvalue weighted by Gasteiger charge is 2.28. The smallest absolute Gasteiger partial charge is 0.405 e. The van der Waals surface area contributed by atoms with Crippen LogP contribution in [0.1, 0.15) is 21.8 Å².